The summed E-state index contributed by atoms with van der Waals surface area (Å²) in [5, 5.41) is 15.6. The third-order valence-corrected chi connectivity index (χ3v) is 4.29. The number of aromatic nitrogens is 3. The van der Waals surface area contributed by atoms with E-state index < -0.39 is 10.0 Å². The van der Waals surface area contributed by atoms with Crippen LogP contribution in [0.3, 0.4) is 0 Å². The largest absolute Gasteiger partial charge is 0.495 e. The molecule has 2 aromatic rings. The van der Waals surface area contributed by atoms with Crippen LogP contribution in [0.1, 0.15) is 5.56 Å². The van der Waals surface area contributed by atoms with Crippen LogP contribution >= 0.6 is 11.5 Å². The average molecular weight is 326 g/mol. The van der Waals surface area contributed by atoms with Gasteiger partial charge >= 0.3 is 0 Å². The van der Waals surface area contributed by atoms with Gasteiger partial charge in [0, 0.05) is 17.1 Å². The lowest BCUT2D eigenvalue weighted by atomic mass is 10.2. The molecule has 0 saturated carbocycles. The molecule has 0 amide bonds. The highest BCUT2D eigenvalue weighted by molar-refractivity contribution is 7.93. The first-order valence-electron chi connectivity index (χ1n) is 5.52. The van der Waals surface area contributed by atoms with E-state index in [1.165, 1.54) is 19.2 Å². The molecule has 1 aromatic heterocycles. The van der Waals surface area contributed by atoms with Crippen LogP contribution in [0.2, 0.25) is 0 Å². The van der Waals surface area contributed by atoms with Crippen molar-refractivity contribution in [2.75, 3.05) is 18.4 Å². The Kier molecular flexibility index (Phi) is 4.69. The Balaban J connectivity index is 2.44. The molecule has 0 spiro atoms. The predicted molar refractivity (Wildman–Crippen MR) is 75.5 cm³/mol. The highest BCUT2D eigenvalue weighted by atomic mass is 32.2. The second-order valence-electron chi connectivity index (χ2n) is 3.60. The van der Waals surface area contributed by atoms with Crippen LogP contribution in [0.25, 0.3) is 0 Å². The van der Waals surface area contributed by atoms with Gasteiger partial charge in [0.2, 0.25) is 5.13 Å². The van der Waals surface area contributed by atoms with Crippen molar-refractivity contribution in [2.24, 2.45) is 0 Å². The molecule has 0 fully saturated rings. The van der Waals surface area contributed by atoms with E-state index in [1.54, 1.807) is 6.07 Å². The number of rotatable bonds is 4. The Hall–Kier alpha value is -2.22. The summed E-state index contributed by atoms with van der Waals surface area (Å²) in [6.07, 6.45) is 0. The molecule has 0 aliphatic heterocycles. The fraction of sp³-hybridized carbons (Fsp3) is 0.182. The predicted octanol–water partition coefficient (Wildman–Crippen LogP) is 0.0863. The summed E-state index contributed by atoms with van der Waals surface area (Å²) in [7, 11) is -2.55. The molecule has 0 radical (unpaired) electrons. The molecule has 2 N–H and O–H groups in total. The first kappa shape index (κ1) is 15.2. The van der Waals surface area contributed by atoms with Crippen LogP contribution in [-0.2, 0) is 10.0 Å². The van der Waals surface area contributed by atoms with Crippen LogP contribution in [0.5, 0.6) is 5.75 Å². The standard InChI is InChI=1S/C11H10N4O4S2/c1-19-9-5-4-8(3-2-6-16)7-10(9)21(17,18)13-11-12-14-15-20-11/h4-5,7,16H,6H2,1H3,(H,12,13,15). The lowest BCUT2D eigenvalue weighted by molar-refractivity contribution is 0.350. The summed E-state index contributed by atoms with van der Waals surface area (Å²) in [5.41, 5.74) is 0.431. The van der Waals surface area contributed by atoms with Crippen molar-refractivity contribution in [1.29, 1.82) is 0 Å². The summed E-state index contributed by atoms with van der Waals surface area (Å²) in [4.78, 5) is -0.0926. The molecule has 1 heterocycles. The number of ether oxygens (including phenoxy) is 1. The molecular weight excluding hydrogens is 316 g/mol. The Morgan fingerprint density at radius 1 is 1.48 bits per heavy atom. The van der Waals surface area contributed by atoms with Crippen LogP contribution < -0.4 is 9.46 Å². The molecule has 110 valence electrons. The fourth-order valence-electron chi connectivity index (χ4n) is 1.45. The summed E-state index contributed by atoms with van der Waals surface area (Å²) in [5.74, 6) is 5.24. The molecule has 0 unspecified atom stereocenters. The van der Waals surface area contributed by atoms with Crippen molar-refractivity contribution in [3.8, 4) is 17.6 Å². The molecule has 0 saturated heterocycles. The maximum atomic E-state index is 12.3. The Bertz CT molecular complexity index is 778. The van der Waals surface area contributed by atoms with Gasteiger partial charge in [-0.15, -0.1) is 0 Å². The number of benzene rings is 1. The van der Waals surface area contributed by atoms with Gasteiger partial charge < -0.3 is 9.84 Å². The third-order valence-electron chi connectivity index (χ3n) is 2.29. The van der Waals surface area contributed by atoms with E-state index in [9.17, 15) is 8.42 Å². The molecule has 8 nitrogen and oxygen atoms in total. The molecule has 0 atom stereocenters. The average Bonchev–Trinajstić information content (AvgIpc) is 2.97. The van der Waals surface area contributed by atoms with Crippen molar-refractivity contribution < 1.29 is 18.3 Å². The first-order chi connectivity index (χ1) is 10.1. The number of anilines is 1. The van der Waals surface area contributed by atoms with Gasteiger partial charge in [-0.3, -0.25) is 4.72 Å². The molecule has 2 rings (SSSR count). The smallest absolute Gasteiger partial charge is 0.267 e. The first-order valence-corrected chi connectivity index (χ1v) is 7.78. The van der Waals surface area contributed by atoms with Crippen LogP contribution in [0, 0.1) is 11.8 Å². The minimum Gasteiger partial charge on any atom is -0.495 e. The van der Waals surface area contributed by atoms with Crippen molar-refractivity contribution in [1.82, 2.24) is 14.8 Å². The SMILES string of the molecule is COc1ccc(C#CCO)cc1S(=O)(=O)Nc1nnns1. The number of methoxy groups -OCH3 is 1. The summed E-state index contributed by atoms with van der Waals surface area (Å²) in [6, 6.07) is 4.42. The van der Waals surface area contributed by atoms with E-state index in [2.05, 4.69) is 31.4 Å². The summed E-state index contributed by atoms with van der Waals surface area (Å²) >= 11 is 0.812. The Morgan fingerprint density at radius 2 is 2.29 bits per heavy atom. The van der Waals surface area contributed by atoms with Crippen molar-refractivity contribution in [3.63, 3.8) is 0 Å². The maximum absolute atomic E-state index is 12.3. The topological polar surface area (TPSA) is 114 Å². The van der Waals surface area contributed by atoms with Crippen molar-refractivity contribution >= 4 is 26.7 Å². The number of sulfonamides is 1. The van der Waals surface area contributed by atoms with E-state index in [1.807, 2.05) is 0 Å². The summed E-state index contributed by atoms with van der Waals surface area (Å²) in [6.45, 7) is -0.317. The van der Waals surface area contributed by atoms with Crippen LogP contribution in [0.4, 0.5) is 5.13 Å². The Labute approximate surface area is 125 Å². The number of hydrogen-bond donors (Lipinski definition) is 2. The zero-order valence-electron chi connectivity index (χ0n) is 10.8. The molecular formula is C11H10N4O4S2. The highest BCUT2D eigenvalue weighted by Crippen LogP contribution is 2.26. The van der Waals surface area contributed by atoms with E-state index >= 15 is 0 Å². The lowest BCUT2D eigenvalue weighted by Crippen LogP contribution is -2.14. The van der Waals surface area contributed by atoms with E-state index in [4.69, 9.17) is 9.84 Å². The van der Waals surface area contributed by atoms with Gasteiger partial charge in [-0.05, 0) is 23.4 Å². The lowest BCUT2D eigenvalue weighted by Gasteiger charge is -2.09. The number of aliphatic hydroxyl groups is 1. The zero-order valence-corrected chi connectivity index (χ0v) is 12.4. The monoisotopic (exact) mass is 326 g/mol. The number of hydrogen-bond acceptors (Lipinski definition) is 8. The molecule has 21 heavy (non-hydrogen) atoms. The second-order valence-corrected chi connectivity index (χ2v) is 5.98. The number of nitrogens with one attached hydrogen (secondary N) is 1. The minimum atomic E-state index is -3.91. The van der Waals surface area contributed by atoms with E-state index in [0.29, 0.717) is 5.56 Å². The van der Waals surface area contributed by atoms with Crippen molar-refractivity contribution in [2.45, 2.75) is 4.90 Å². The second kappa shape index (κ2) is 6.49. The normalized spacial score (nSPS) is 10.6. The van der Waals surface area contributed by atoms with Gasteiger partial charge in [-0.2, -0.15) is 0 Å². The number of aliphatic hydroxyl groups excluding tert-OH is 1. The van der Waals surface area contributed by atoms with Crippen LogP contribution in [0.15, 0.2) is 23.1 Å². The molecule has 0 aliphatic rings. The molecule has 1 aromatic carbocycles. The van der Waals surface area contributed by atoms with E-state index in [-0.39, 0.29) is 22.4 Å². The third kappa shape index (κ3) is 3.66. The van der Waals surface area contributed by atoms with Gasteiger partial charge in [0.1, 0.15) is 17.3 Å². The maximum Gasteiger partial charge on any atom is 0.267 e. The van der Waals surface area contributed by atoms with Gasteiger partial charge in [0.05, 0.1) is 7.11 Å². The Morgan fingerprint density at radius 3 is 2.90 bits per heavy atom. The minimum absolute atomic E-state index is 0.0453. The van der Waals surface area contributed by atoms with Gasteiger partial charge in [-0.25, -0.2) is 8.42 Å². The van der Waals surface area contributed by atoms with Gasteiger partial charge in [0.15, 0.2) is 0 Å². The quantitative estimate of drug-likeness (QED) is 0.765. The van der Waals surface area contributed by atoms with Crippen molar-refractivity contribution in [3.05, 3.63) is 23.8 Å². The molecule has 10 heteroatoms. The fourth-order valence-corrected chi connectivity index (χ4v) is 3.23. The van der Waals surface area contributed by atoms with Gasteiger partial charge in [0.25, 0.3) is 10.0 Å². The van der Waals surface area contributed by atoms with Gasteiger partial charge in [-0.1, -0.05) is 21.4 Å². The highest BCUT2D eigenvalue weighted by Gasteiger charge is 2.21. The van der Waals surface area contributed by atoms with Crippen LogP contribution in [-0.4, -0.2) is 42.0 Å². The molecule has 0 bridgehead atoms. The number of nitrogens with zero attached hydrogens (tertiary/aromatic N) is 3. The zero-order chi connectivity index (χ0) is 15.3. The van der Waals surface area contributed by atoms with E-state index in [0.717, 1.165) is 11.5 Å². The molecule has 0 aliphatic carbocycles. The summed E-state index contributed by atoms with van der Waals surface area (Å²) < 4.78 is 35.4.